The van der Waals surface area contributed by atoms with Crippen LogP contribution in [0.1, 0.15) is 61.5 Å². The summed E-state index contributed by atoms with van der Waals surface area (Å²) in [6.07, 6.45) is 0.370. The number of nitrogen functional groups attached to an aromatic ring is 2. The molecule has 4 atom stereocenters. The van der Waals surface area contributed by atoms with Gasteiger partial charge < -0.3 is 47.5 Å². The van der Waals surface area contributed by atoms with E-state index in [1.165, 1.54) is 0 Å². The van der Waals surface area contributed by atoms with Crippen LogP contribution in [0.5, 0.6) is 5.75 Å². The van der Waals surface area contributed by atoms with E-state index in [0.717, 1.165) is 50.5 Å². The van der Waals surface area contributed by atoms with Crippen LogP contribution in [0, 0.1) is 0 Å². The summed E-state index contributed by atoms with van der Waals surface area (Å²) in [7, 11) is 0. The highest BCUT2D eigenvalue weighted by Gasteiger charge is 2.31. The number of guanidine groups is 1. The fourth-order valence-corrected chi connectivity index (χ4v) is 4.63. The molecule has 0 radical (unpaired) electrons. The number of amides is 1. The number of rotatable bonds is 21. The summed E-state index contributed by atoms with van der Waals surface area (Å²) >= 11 is 5.81. The quantitative estimate of drug-likeness (QED) is 0.0485. The third-order valence-electron chi connectivity index (χ3n) is 7.22. The molecule has 15 nitrogen and oxygen atoms in total. The van der Waals surface area contributed by atoms with E-state index >= 15 is 0 Å². The van der Waals surface area contributed by atoms with Crippen molar-refractivity contribution < 1.29 is 35.1 Å². The van der Waals surface area contributed by atoms with E-state index in [2.05, 4.69) is 27.2 Å². The zero-order chi connectivity index (χ0) is 34.1. The minimum atomic E-state index is -1.66. The highest BCUT2D eigenvalue weighted by Crippen LogP contribution is 2.17. The smallest absolute Gasteiger partial charge is 0.280 e. The third-order valence-corrected chi connectivity index (χ3v) is 7.49. The number of hydrogen-bond acceptors (Lipinski definition) is 13. The zero-order valence-electron chi connectivity index (χ0n) is 26.3. The van der Waals surface area contributed by atoms with Crippen LogP contribution in [0.2, 0.25) is 5.15 Å². The highest BCUT2D eigenvalue weighted by atomic mass is 35.5. The molecule has 1 unspecified atom stereocenters. The fourth-order valence-electron chi connectivity index (χ4n) is 4.50. The van der Waals surface area contributed by atoms with Gasteiger partial charge >= 0.3 is 0 Å². The Morgan fingerprint density at radius 2 is 1.67 bits per heavy atom. The Kier molecular flexibility index (Phi) is 17.5. The van der Waals surface area contributed by atoms with Crippen molar-refractivity contribution in [3.8, 4) is 5.75 Å². The van der Waals surface area contributed by atoms with E-state index in [4.69, 9.17) is 38.6 Å². The second-order valence-electron chi connectivity index (χ2n) is 11.0. The number of hydrogen-bond donors (Lipinski definition) is 9. The van der Waals surface area contributed by atoms with Gasteiger partial charge in [-0.2, -0.15) is 0 Å². The predicted molar refractivity (Wildman–Crippen MR) is 176 cm³/mol. The van der Waals surface area contributed by atoms with Crippen LogP contribution < -0.4 is 27.3 Å². The maximum atomic E-state index is 12.3. The lowest BCUT2D eigenvalue weighted by Gasteiger charge is -2.30. The number of aryl methyl sites for hydroxylation is 1. The van der Waals surface area contributed by atoms with Gasteiger partial charge in [0.25, 0.3) is 5.91 Å². The first kappa shape index (κ1) is 38.9. The SMILES string of the molecule is CCCCCCN(CCOc1ccc(CCCCN=C(N)NC(=O)c2nc(Cl)c(N)nc2N)cc1)C[C@H](O)[C@@H](O)[C@H](O)C(O)CO. The molecule has 2 rings (SSSR count). The van der Waals surface area contributed by atoms with Crippen LogP contribution in [-0.4, -0.2) is 116 Å². The van der Waals surface area contributed by atoms with Crippen molar-refractivity contribution in [2.24, 2.45) is 10.7 Å². The van der Waals surface area contributed by atoms with Crippen LogP contribution in [-0.2, 0) is 6.42 Å². The minimum Gasteiger partial charge on any atom is -0.492 e. The Hall–Kier alpha value is -3.31. The number of ether oxygens (including phenoxy) is 1. The Morgan fingerprint density at radius 1 is 0.978 bits per heavy atom. The summed E-state index contributed by atoms with van der Waals surface area (Å²) in [5.74, 6) is -0.334. The Bertz CT molecular complexity index is 1220. The number of carbonyl (C=O) groups excluding carboxylic acids is 1. The van der Waals surface area contributed by atoms with E-state index in [0.29, 0.717) is 32.0 Å². The van der Waals surface area contributed by atoms with E-state index < -0.39 is 36.9 Å². The maximum Gasteiger partial charge on any atom is 0.280 e. The Labute approximate surface area is 274 Å². The molecule has 0 aliphatic rings. The maximum absolute atomic E-state index is 12.3. The molecule has 1 amide bonds. The molecule has 0 aliphatic heterocycles. The molecule has 0 aliphatic carbocycles. The van der Waals surface area contributed by atoms with Gasteiger partial charge in [0.2, 0.25) is 0 Å². The first-order chi connectivity index (χ1) is 22.0. The molecule has 46 heavy (non-hydrogen) atoms. The molecule has 0 bridgehead atoms. The minimum absolute atomic E-state index is 0.0770. The molecular formula is C30H49ClN8O7. The second-order valence-corrected chi connectivity index (χ2v) is 11.3. The number of aliphatic hydroxyl groups excluding tert-OH is 5. The highest BCUT2D eigenvalue weighted by molar-refractivity contribution is 6.31. The lowest BCUT2D eigenvalue weighted by molar-refractivity contribution is -0.119. The number of aliphatic imine (C=N–C) groups is 1. The molecule has 0 fully saturated rings. The summed E-state index contributed by atoms with van der Waals surface area (Å²) in [6.45, 7) is 3.38. The lowest BCUT2D eigenvalue weighted by Crippen LogP contribution is -2.50. The summed E-state index contributed by atoms with van der Waals surface area (Å²) in [5.41, 5.74) is 17.9. The fraction of sp³-hybridized carbons (Fsp3) is 0.600. The van der Waals surface area contributed by atoms with Gasteiger partial charge in [0.1, 0.15) is 30.7 Å². The van der Waals surface area contributed by atoms with Crippen molar-refractivity contribution in [2.45, 2.75) is 76.3 Å². The van der Waals surface area contributed by atoms with E-state index in [9.17, 15) is 25.2 Å². The standard InChI is InChI=1S/C30H49ClN8O7/c1-2-3-4-7-14-39(17-21(41)24(43)25(44)22(42)18-40)15-16-46-20-11-9-19(10-12-20)8-5-6-13-35-30(34)38-29(45)23-27(32)37-28(33)26(31)36-23/h9-12,21-22,24-25,40-44H,2-8,13-18H2,1H3,(H4,32,33,37)(H3,34,35,38,45)/t21-,22?,24+,25+/m0/s1. The number of carbonyl (C=O) groups is 1. The average Bonchev–Trinajstić information content (AvgIpc) is 3.03. The normalized spacial score (nSPS) is 14.6. The molecule has 0 saturated carbocycles. The number of nitrogens with one attached hydrogen (secondary N) is 1. The topological polar surface area (TPSA) is 259 Å². The number of benzene rings is 1. The van der Waals surface area contributed by atoms with Gasteiger partial charge in [0.05, 0.1) is 12.7 Å². The van der Waals surface area contributed by atoms with Gasteiger partial charge in [-0.05, 0) is 49.9 Å². The molecule has 0 saturated heterocycles. The number of unbranched alkanes of at least 4 members (excludes halogenated alkanes) is 4. The molecule has 2 aromatic rings. The molecule has 16 heteroatoms. The molecule has 1 aromatic heterocycles. The lowest BCUT2D eigenvalue weighted by atomic mass is 10.0. The van der Waals surface area contributed by atoms with Crippen LogP contribution in [0.4, 0.5) is 11.6 Å². The number of anilines is 2. The van der Waals surface area contributed by atoms with Crippen LogP contribution in [0.3, 0.4) is 0 Å². The number of halogens is 1. The molecule has 1 heterocycles. The van der Waals surface area contributed by atoms with Gasteiger partial charge in [-0.15, -0.1) is 0 Å². The average molecular weight is 669 g/mol. The Morgan fingerprint density at radius 3 is 2.35 bits per heavy atom. The van der Waals surface area contributed by atoms with Crippen LogP contribution in [0.25, 0.3) is 0 Å². The summed E-state index contributed by atoms with van der Waals surface area (Å²) in [5, 5.41) is 51.5. The van der Waals surface area contributed by atoms with Crippen molar-refractivity contribution >= 4 is 35.1 Å². The molecule has 12 N–H and O–H groups in total. The summed E-state index contributed by atoms with van der Waals surface area (Å²) in [4.78, 5) is 26.0. The molecule has 0 spiro atoms. The molecular weight excluding hydrogens is 620 g/mol. The number of aliphatic hydroxyl groups is 5. The molecule has 1 aromatic carbocycles. The van der Waals surface area contributed by atoms with Gasteiger partial charge in [-0.25, -0.2) is 9.97 Å². The van der Waals surface area contributed by atoms with Crippen LogP contribution in [0.15, 0.2) is 29.3 Å². The molecule has 258 valence electrons. The van der Waals surface area contributed by atoms with Crippen molar-refractivity contribution in [1.29, 1.82) is 0 Å². The van der Waals surface area contributed by atoms with Gasteiger partial charge in [0.15, 0.2) is 28.4 Å². The van der Waals surface area contributed by atoms with Gasteiger partial charge in [-0.3, -0.25) is 20.0 Å². The second kappa shape index (κ2) is 20.7. The van der Waals surface area contributed by atoms with Crippen molar-refractivity contribution in [3.63, 3.8) is 0 Å². The number of nitrogens with zero attached hydrogens (tertiary/aromatic N) is 4. The van der Waals surface area contributed by atoms with Gasteiger partial charge in [0, 0.05) is 19.6 Å². The number of nitrogens with two attached hydrogens (primary N) is 3. The summed E-state index contributed by atoms with van der Waals surface area (Å²) in [6, 6.07) is 7.73. The first-order valence-electron chi connectivity index (χ1n) is 15.4. The van der Waals surface area contributed by atoms with Gasteiger partial charge in [-0.1, -0.05) is 49.9 Å². The van der Waals surface area contributed by atoms with Crippen molar-refractivity contribution in [3.05, 3.63) is 40.7 Å². The Balaban J connectivity index is 1.76. The number of aromatic nitrogens is 2. The zero-order valence-corrected chi connectivity index (χ0v) is 27.0. The van der Waals surface area contributed by atoms with Crippen molar-refractivity contribution in [1.82, 2.24) is 20.2 Å². The van der Waals surface area contributed by atoms with E-state index in [1.807, 2.05) is 29.2 Å². The predicted octanol–water partition coefficient (Wildman–Crippen LogP) is 0.0588. The van der Waals surface area contributed by atoms with Crippen molar-refractivity contribution in [2.75, 3.05) is 50.9 Å². The third kappa shape index (κ3) is 13.6. The van der Waals surface area contributed by atoms with Crippen LogP contribution >= 0.6 is 11.6 Å². The largest absolute Gasteiger partial charge is 0.492 e. The van der Waals surface area contributed by atoms with E-state index in [1.54, 1.807) is 0 Å². The summed E-state index contributed by atoms with van der Waals surface area (Å²) < 4.78 is 5.91. The first-order valence-corrected chi connectivity index (χ1v) is 15.8. The van der Waals surface area contributed by atoms with E-state index in [-0.39, 0.29) is 35.0 Å². The monoisotopic (exact) mass is 668 g/mol.